The van der Waals surface area contributed by atoms with Crippen molar-refractivity contribution in [3.05, 3.63) is 29.8 Å². The van der Waals surface area contributed by atoms with E-state index in [4.69, 9.17) is 4.74 Å². The smallest absolute Gasteiger partial charge is 0.322 e. The molecule has 100 valence electrons. The molecule has 1 heterocycles. The van der Waals surface area contributed by atoms with Crippen molar-refractivity contribution in [3.63, 3.8) is 0 Å². The van der Waals surface area contributed by atoms with Crippen LogP contribution in [0.5, 0.6) is 5.75 Å². The van der Waals surface area contributed by atoms with Gasteiger partial charge in [-0.05, 0) is 18.2 Å². The van der Waals surface area contributed by atoms with Gasteiger partial charge in [0.05, 0.1) is 7.11 Å². The zero-order valence-electron chi connectivity index (χ0n) is 10.2. The molecule has 0 bridgehead atoms. The molecule has 1 aliphatic rings. The molecule has 0 radical (unpaired) electrons. The predicted octanol–water partition coefficient (Wildman–Crippen LogP) is -0.367. The van der Waals surface area contributed by atoms with E-state index < -0.39 is 18.0 Å². The number of methoxy groups -OCH3 is 1. The lowest BCUT2D eigenvalue weighted by molar-refractivity contribution is -0.120. The second-order valence-electron chi connectivity index (χ2n) is 3.96. The van der Waals surface area contributed by atoms with Gasteiger partial charge in [-0.15, -0.1) is 0 Å². The van der Waals surface area contributed by atoms with Gasteiger partial charge in [0.25, 0.3) is 11.8 Å². The molecule has 3 N–H and O–H groups in total. The maximum Gasteiger partial charge on any atom is 0.322 e. The van der Waals surface area contributed by atoms with Crippen molar-refractivity contribution < 1.29 is 19.1 Å². The molecule has 0 aromatic heterocycles. The Morgan fingerprint density at radius 2 is 2.21 bits per heavy atom. The first-order valence-electron chi connectivity index (χ1n) is 5.64. The topological polar surface area (TPSA) is 96.5 Å². The molecular formula is C12H13N3O4. The summed E-state index contributed by atoms with van der Waals surface area (Å²) in [7, 11) is 1.51. The number of urea groups is 1. The number of hydrogen-bond acceptors (Lipinski definition) is 4. The van der Waals surface area contributed by atoms with Crippen molar-refractivity contribution in [3.8, 4) is 5.75 Å². The van der Waals surface area contributed by atoms with E-state index in [1.165, 1.54) is 7.11 Å². The summed E-state index contributed by atoms with van der Waals surface area (Å²) in [5.74, 6) is -0.219. The Morgan fingerprint density at radius 1 is 1.42 bits per heavy atom. The van der Waals surface area contributed by atoms with Crippen LogP contribution in [-0.2, 0) is 4.79 Å². The zero-order valence-corrected chi connectivity index (χ0v) is 10.2. The van der Waals surface area contributed by atoms with Crippen LogP contribution in [0, 0.1) is 0 Å². The second kappa shape index (κ2) is 5.38. The normalized spacial score (nSPS) is 17.6. The first-order chi connectivity index (χ1) is 9.10. The molecule has 1 aromatic carbocycles. The quantitative estimate of drug-likeness (QED) is 0.646. The molecule has 7 nitrogen and oxygen atoms in total. The van der Waals surface area contributed by atoms with Gasteiger partial charge >= 0.3 is 6.03 Å². The van der Waals surface area contributed by atoms with E-state index in [0.717, 1.165) is 0 Å². The van der Waals surface area contributed by atoms with Crippen molar-refractivity contribution in [1.29, 1.82) is 0 Å². The maximum atomic E-state index is 11.8. The summed E-state index contributed by atoms with van der Waals surface area (Å²) in [4.78, 5) is 34.0. The summed E-state index contributed by atoms with van der Waals surface area (Å²) in [6, 6.07) is 5.35. The summed E-state index contributed by atoms with van der Waals surface area (Å²) < 4.78 is 5.01. The fourth-order valence-electron chi connectivity index (χ4n) is 1.66. The Bertz CT molecular complexity index is 529. The number of rotatable bonds is 4. The van der Waals surface area contributed by atoms with Crippen LogP contribution < -0.4 is 20.7 Å². The van der Waals surface area contributed by atoms with Crippen LogP contribution in [0.1, 0.15) is 10.4 Å². The van der Waals surface area contributed by atoms with Crippen molar-refractivity contribution in [2.45, 2.75) is 6.04 Å². The number of nitrogens with one attached hydrogen (secondary N) is 3. The van der Waals surface area contributed by atoms with E-state index in [-0.39, 0.29) is 12.5 Å². The average Bonchev–Trinajstić information content (AvgIpc) is 2.74. The highest BCUT2D eigenvalue weighted by Crippen LogP contribution is 2.12. The third-order valence-corrected chi connectivity index (χ3v) is 2.66. The standard InChI is InChI=1S/C12H13N3O4/c1-19-8-4-2-3-7(5-8)10(16)13-6-9-11(17)15-12(18)14-9/h2-5,9H,6H2,1H3,(H,13,16)(H2,14,15,17,18). The molecule has 0 saturated carbocycles. The predicted molar refractivity (Wildman–Crippen MR) is 65.8 cm³/mol. The summed E-state index contributed by atoms with van der Waals surface area (Å²) in [6.45, 7) is 0.0353. The van der Waals surface area contributed by atoms with Gasteiger partial charge in [-0.3, -0.25) is 14.9 Å². The third kappa shape index (κ3) is 3.01. The SMILES string of the molecule is COc1cccc(C(=O)NCC2NC(=O)NC2=O)c1. The van der Waals surface area contributed by atoms with Gasteiger partial charge < -0.3 is 15.4 Å². The third-order valence-electron chi connectivity index (χ3n) is 2.66. The van der Waals surface area contributed by atoms with E-state index in [0.29, 0.717) is 11.3 Å². The number of carbonyl (C=O) groups is 3. The molecule has 1 aliphatic heterocycles. The zero-order chi connectivity index (χ0) is 13.8. The molecule has 1 atom stereocenters. The molecule has 7 heteroatoms. The van der Waals surface area contributed by atoms with E-state index >= 15 is 0 Å². The van der Waals surface area contributed by atoms with Crippen LogP contribution in [0.25, 0.3) is 0 Å². The molecule has 19 heavy (non-hydrogen) atoms. The van der Waals surface area contributed by atoms with E-state index in [9.17, 15) is 14.4 Å². The van der Waals surface area contributed by atoms with Gasteiger partial charge in [0.1, 0.15) is 11.8 Å². The minimum atomic E-state index is -0.734. The largest absolute Gasteiger partial charge is 0.497 e. The number of ether oxygens (including phenoxy) is 1. The van der Waals surface area contributed by atoms with Gasteiger partial charge in [-0.1, -0.05) is 6.07 Å². The van der Waals surface area contributed by atoms with Crippen LogP contribution in [0.4, 0.5) is 4.79 Å². The molecule has 1 unspecified atom stereocenters. The van der Waals surface area contributed by atoms with Gasteiger partial charge in [-0.2, -0.15) is 0 Å². The van der Waals surface area contributed by atoms with Crippen LogP contribution >= 0.6 is 0 Å². The highest BCUT2D eigenvalue weighted by molar-refractivity contribution is 6.04. The van der Waals surface area contributed by atoms with E-state index in [1.807, 2.05) is 0 Å². The maximum absolute atomic E-state index is 11.8. The molecule has 1 fully saturated rings. The van der Waals surface area contributed by atoms with Gasteiger partial charge in [0.2, 0.25) is 0 Å². The molecular weight excluding hydrogens is 250 g/mol. The molecule has 1 saturated heterocycles. The summed E-state index contributed by atoms with van der Waals surface area (Å²) >= 11 is 0. The van der Waals surface area contributed by atoms with E-state index in [1.54, 1.807) is 24.3 Å². The van der Waals surface area contributed by atoms with Crippen LogP contribution in [0.3, 0.4) is 0 Å². The number of carbonyl (C=O) groups excluding carboxylic acids is 3. The van der Waals surface area contributed by atoms with Crippen molar-refractivity contribution >= 4 is 17.8 Å². The number of hydrogen-bond donors (Lipinski definition) is 3. The lowest BCUT2D eigenvalue weighted by Crippen LogP contribution is -2.41. The van der Waals surface area contributed by atoms with Crippen molar-refractivity contribution in [2.24, 2.45) is 0 Å². The minimum absolute atomic E-state index is 0.0353. The van der Waals surface area contributed by atoms with Crippen LogP contribution in [0.2, 0.25) is 0 Å². The van der Waals surface area contributed by atoms with Crippen molar-refractivity contribution in [1.82, 2.24) is 16.0 Å². The average molecular weight is 263 g/mol. The Hall–Kier alpha value is -2.57. The fourth-order valence-corrected chi connectivity index (χ4v) is 1.66. The Kier molecular flexibility index (Phi) is 3.65. The number of benzene rings is 1. The second-order valence-corrected chi connectivity index (χ2v) is 3.96. The molecule has 2 rings (SSSR count). The Balaban J connectivity index is 1.94. The molecule has 0 aliphatic carbocycles. The first-order valence-corrected chi connectivity index (χ1v) is 5.64. The summed E-state index contributed by atoms with van der Waals surface area (Å²) in [5, 5.41) is 7.06. The Morgan fingerprint density at radius 3 is 2.84 bits per heavy atom. The van der Waals surface area contributed by atoms with Gasteiger partial charge in [-0.25, -0.2) is 4.79 Å². The van der Waals surface area contributed by atoms with Crippen molar-refractivity contribution in [2.75, 3.05) is 13.7 Å². The summed E-state index contributed by atoms with van der Waals surface area (Å²) in [6.07, 6.45) is 0. The van der Waals surface area contributed by atoms with E-state index in [2.05, 4.69) is 16.0 Å². The fraction of sp³-hybridized carbons (Fsp3) is 0.250. The first kappa shape index (κ1) is 12.9. The van der Waals surface area contributed by atoms with Gasteiger partial charge in [0, 0.05) is 12.1 Å². The molecule has 1 aromatic rings. The van der Waals surface area contributed by atoms with Gasteiger partial charge in [0.15, 0.2) is 0 Å². The molecule has 0 spiro atoms. The van der Waals surface area contributed by atoms with Crippen LogP contribution in [0.15, 0.2) is 24.3 Å². The summed E-state index contributed by atoms with van der Waals surface area (Å²) in [5.41, 5.74) is 0.420. The highest BCUT2D eigenvalue weighted by Gasteiger charge is 2.29. The highest BCUT2D eigenvalue weighted by atomic mass is 16.5. The monoisotopic (exact) mass is 263 g/mol. The lowest BCUT2D eigenvalue weighted by Gasteiger charge is -2.09. The lowest BCUT2D eigenvalue weighted by atomic mass is 10.2. The minimum Gasteiger partial charge on any atom is -0.497 e. The Labute approximate surface area is 109 Å². The number of amides is 4. The van der Waals surface area contributed by atoms with Crippen LogP contribution in [-0.4, -0.2) is 37.5 Å². The molecule has 4 amide bonds. The number of imide groups is 1.